The van der Waals surface area contributed by atoms with Gasteiger partial charge < -0.3 is 16.2 Å². The zero-order chi connectivity index (χ0) is 22.1. The summed E-state index contributed by atoms with van der Waals surface area (Å²) in [5, 5.41) is 0. The van der Waals surface area contributed by atoms with Crippen molar-refractivity contribution in [2.24, 2.45) is 11.5 Å². The molecular weight excluding hydrogens is 384 g/mol. The first-order valence-electron chi connectivity index (χ1n) is 9.50. The predicted octanol–water partition coefficient (Wildman–Crippen LogP) is 2.18. The van der Waals surface area contributed by atoms with Crippen molar-refractivity contribution in [3.63, 3.8) is 0 Å². The Labute approximate surface area is 174 Å². The van der Waals surface area contributed by atoms with E-state index in [-0.39, 0.29) is 16.9 Å². The molecule has 0 heterocycles. The standard InChI is InChI=1S/C23H24N2O5/c1-15(22(28)30-23(29)19(25)13-7-8-14-24)20(26)17-11-5-6-12-18(17)21(27)16-9-3-2-4-10-16/h2-6,9-12,19H,1,7-8,13-14,24-25H2. The van der Waals surface area contributed by atoms with E-state index in [2.05, 4.69) is 6.58 Å². The molecule has 7 nitrogen and oxygen atoms in total. The lowest BCUT2D eigenvalue weighted by Crippen LogP contribution is -2.34. The molecule has 1 atom stereocenters. The molecule has 0 radical (unpaired) electrons. The Morgan fingerprint density at radius 1 is 0.900 bits per heavy atom. The largest absolute Gasteiger partial charge is 0.388 e. The zero-order valence-corrected chi connectivity index (χ0v) is 16.5. The van der Waals surface area contributed by atoms with E-state index < -0.39 is 29.3 Å². The van der Waals surface area contributed by atoms with Crippen molar-refractivity contribution in [1.29, 1.82) is 0 Å². The Morgan fingerprint density at radius 2 is 1.50 bits per heavy atom. The van der Waals surface area contributed by atoms with Crippen molar-refractivity contribution in [1.82, 2.24) is 0 Å². The SMILES string of the molecule is C=C(C(=O)OC(=O)C(N)CCCCN)C(=O)c1ccccc1C(=O)c1ccccc1. The Morgan fingerprint density at radius 3 is 2.13 bits per heavy atom. The van der Waals surface area contributed by atoms with Crippen LogP contribution in [0.15, 0.2) is 66.7 Å². The van der Waals surface area contributed by atoms with Gasteiger partial charge in [0.15, 0.2) is 11.6 Å². The van der Waals surface area contributed by atoms with Crippen molar-refractivity contribution in [2.75, 3.05) is 6.54 Å². The molecule has 0 aliphatic rings. The number of carbonyl (C=O) groups is 4. The molecule has 2 rings (SSSR count). The number of rotatable bonds is 10. The lowest BCUT2D eigenvalue weighted by atomic mass is 9.94. The van der Waals surface area contributed by atoms with Gasteiger partial charge in [0.05, 0.1) is 0 Å². The van der Waals surface area contributed by atoms with Gasteiger partial charge >= 0.3 is 11.9 Å². The zero-order valence-electron chi connectivity index (χ0n) is 16.5. The van der Waals surface area contributed by atoms with E-state index >= 15 is 0 Å². The first-order chi connectivity index (χ1) is 14.4. The lowest BCUT2D eigenvalue weighted by Gasteiger charge is -2.12. The minimum Gasteiger partial charge on any atom is -0.388 e. The summed E-state index contributed by atoms with van der Waals surface area (Å²) < 4.78 is 4.69. The minimum atomic E-state index is -1.19. The lowest BCUT2D eigenvalue weighted by molar-refractivity contribution is -0.157. The van der Waals surface area contributed by atoms with Gasteiger partial charge in [0, 0.05) is 16.7 Å². The van der Waals surface area contributed by atoms with E-state index in [1.165, 1.54) is 12.1 Å². The minimum absolute atomic E-state index is 0.00648. The van der Waals surface area contributed by atoms with Crippen molar-refractivity contribution in [3.05, 3.63) is 83.4 Å². The molecule has 0 amide bonds. The molecule has 0 aromatic heterocycles. The Bertz CT molecular complexity index is 953. The number of Topliss-reactive ketones (excluding diaryl/α,β-unsaturated/α-hetero) is 1. The van der Waals surface area contributed by atoms with Gasteiger partial charge in [0.1, 0.15) is 11.6 Å². The van der Waals surface area contributed by atoms with Gasteiger partial charge in [-0.1, -0.05) is 67.6 Å². The van der Waals surface area contributed by atoms with E-state index in [1.54, 1.807) is 42.5 Å². The fourth-order valence-corrected chi connectivity index (χ4v) is 2.73. The Balaban J connectivity index is 2.13. The third-order valence-corrected chi connectivity index (χ3v) is 4.44. The maximum Gasteiger partial charge on any atom is 0.349 e. The molecule has 7 heteroatoms. The molecular formula is C23H24N2O5. The number of esters is 2. The number of hydrogen-bond acceptors (Lipinski definition) is 7. The summed E-state index contributed by atoms with van der Waals surface area (Å²) in [6.45, 7) is 3.91. The highest BCUT2D eigenvalue weighted by Crippen LogP contribution is 2.18. The Kier molecular flexibility index (Phi) is 8.34. The molecule has 0 saturated heterocycles. The van der Waals surface area contributed by atoms with E-state index in [4.69, 9.17) is 16.2 Å². The van der Waals surface area contributed by atoms with Gasteiger partial charge in [-0.2, -0.15) is 0 Å². The number of benzene rings is 2. The second-order valence-corrected chi connectivity index (χ2v) is 6.65. The summed E-state index contributed by atoms with van der Waals surface area (Å²) in [6, 6.07) is 13.5. The number of carbonyl (C=O) groups excluding carboxylic acids is 4. The van der Waals surface area contributed by atoms with Gasteiger partial charge in [-0.05, 0) is 19.4 Å². The van der Waals surface area contributed by atoms with Crippen LogP contribution < -0.4 is 11.5 Å². The maximum absolute atomic E-state index is 12.8. The van der Waals surface area contributed by atoms with Crippen LogP contribution in [-0.2, 0) is 14.3 Å². The molecule has 4 N–H and O–H groups in total. The van der Waals surface area contributed by atoms with Gasteiger partial charge in [0.2, 0.25) is 0 Å². The molecule has 0 saturated carbocycles. The number of hydrogen-bond donors (Lipinski definition) is 2. The molecule has 0 aliphatic carbocycles. The number of nitrogens with two attached hydrogens (primary N) is 2. The molecule has 30 heavy (non-hydrogen) atoms. The highest BCUT2D eigenvalue weighted by molar-refractivity contribution is 6.28. The predicted molar refractivity (Wildman–Crippen MR) is 112 cm³/mol. The summed E-state index contributed by atoms with van der Waals surface area (Å²) >= 11 is 0. The molecule has 0 fully saturated rings. The monoisotopic (exact) mass is 408 g/mol. The summed E-state index contributed by atoms with van der Waals surface area (Å²) in [6.07, 6.45) is 1.60. The second-order valence-electron chi connectivity index (χ2n) is 6.65. The number of ether oxygens (including phenoxy) is 1. The summed E-state index contributed by atoms with van der Waals surface area (Å²) in [5.74, 6) is -3.32. The summed E-state index contributed by atoms with van der Waals surface area (Å²) in [7, 11) is 0. The smallest absolute Gasteiger partial charge is 0.349 e. The fraction of sp³-hybridized carbons (Fsp3) is 0.217. The van der Waals surface area contributed by atoms with Crippen LogP contribution in [0.25, 0.3) is 0 Å². The van der Waals surface area contributed by atoms with Crippen LogP contribution >= 0.6 is 0 Å². The highest BCUT2D eigenvalue weighted by atomic mass is 16.6. The van der Waals surface area contributed by atoms with E-state index in [0.717, 1.165) is 0 Å². The van der Waals surface area contributed by atoms with Gasteiger partial charge in [-0.3, -0.25) is 9.59 Å². The normalized spacial score (nSPS) is 11.4. The highest BCUT2D eigenvalue weighted by Gasteiger charge is 2.27. The van der Waals surface area contributed by atoms with Crippen LogP contribution in [0.2, 0.25) is 0 Å². The number of unbranched alkanes of at least 4 members (excludes halogenated alkanes) is 1. The van der Waals surface area contributed by atoms with Crippen LogP contribution in [0.4, 0.5) is 0 Å². The first-order valence-corrected chi connectivity index (χ1v) is 9.50. The van der Waals surface area contributed by atoms with E-state index in [0.29, 0.717) is 31.4 Å². The third kappa shape index (κ3) is 5.79. The number of ketones is 2. The molecule has 0 bridgehead atoms. The second kappa shape index (κ2) is 10.9. The third-order valence-electron chi connectivity index (χ3n) is 4.44. The van der Waals surface area contributed by atoms with E-state index in [9.17, 15) is 19.2 Å². The molecule has 0 spiro atoms. The average molecular weight is 408 g/mol. The Hall–Kier alpha value is -3.42. The van der Waals surface area contributed by atoms with Gasteiger partial charge in [-0.15, -0.1) is 0 Å². The van der Waals surface area contributed by atoms with Crippen LogP contribution in [0.1, 0.15) is 45.5 Å². The van der Waals surface area contributed by atoms with Crippen molar-refractivity contribution in [3.8, 4) is 0 Å². The molecule has 156 valence electrons. The maximum atomic E-state index is 12.8. The molecule has 2 aromatic carbocycles. The van der Waals surface area contributed by atoms with Crippen LogP contribution in [0.5, 0.6) is 0 Å². The fourth-order valence-electron chi connectivity index (χ4n) is 2.73. The summed E-state index contributed by atoms with van der Waals surface area (Å²) in [5.41, 5.74) is 11.0. The van der Waals surface area contributed by atoms with Gasteiger partial charge in [-0.25, -0.2) is 9.59 Å². The van der Waals surface area contributed by atoms with Crippen molar-refractivity contribution < 1.29 is 23.9 Å². The van der Waals surface area contributed by atoms with Gasteiger partial charge in [0.25, 0.3) is 0 Å². The van der Waals surface area contributed by atoms with Crippen LogP contribution in [0.3, 0.4) is 0 Å². The quantitative estimate of drug-likeness (QED) is 0.154. The molecule has 2 aromatic rings. The van der Waals surface area contributed by atoms with Crippen molar-refractivity contribution in [2.45, 2.75) is 25.3 Å². The average Bonchev–Trinajstić information content (AvgIpc) is 2.78. The van der Waals surface area contributed by atoms with Crippen LogP contribution in [0, 0.1) is 0 Å². The molecule has 0 aliphatic heterocycles. The van der Waals surface area contributed by atoms with E-state index in [1.807, 2.05) is 0 Å². The molecule has 1 unspecified atom stereocenters. The summed E-state index contributed by atoms with van der Waals surface area (Å²) in [4.78, 5) is 49.8. The topological polar surface area (TPSA) is 130 Å². The van der Waals surface area contributed by atoms with Crippen molar-refractivity contribution >= 4 is 23.5 Å². The van der Waals surface area contributed by atoms with Crippen LogP contribution in [-0.4, -0.2) is 36.1 Å². The first kappa shape index (κ1) is 22.9.